The van der Waals surface area contributed by atoms with Gasteiger partial charge in [-0.25, -0.2) is 9.78 Å². The van der Waals surface area contributed by atoms with Crippen molar-refractivity contribution in [2.24, 2.45) is 5.16 Å². The summed E-state index contributed by atoms with van der Waals surface area (Å²) in [5.41, 5.74) is 4.52. The van der Waals surface area contributed by atoms with Gasteiger partial charge >= 0.3 is 11.9 Å². The number of ether oxygens (including phenoxy) is 1. The van der Waals surface area contributed by atoms with Gasteiger partial charge in [-0.05, 0) is 33.6 Å². The molecule has 0 radical (unpaired) electrons. The first kappa shape index (κ1) is 20.2. The fourth-order valence-corrected chi connectivity index (χ4v) is 2.51. The van der Waals surface area contributed by atoms with Crippen molar-refractivity contribution in [3.63, 3.8) is 0 Å². The maximum Gasteiger partial charge on any atom is 0.360 e. The number of rotatable bonds is 8. The Morgan fingerprint density at radius 1 is 1.38 bits per heavy atom. The molecule has 1 rings (SSSR count). The van der Waals surface area contributed by atoms with Crippen LogP contribution in [0, 0.1) is 0 Å². The summed E-state index contributed by atoms with van der Waals surface area (Å²) in [5.74, 6) is -1.61. The van der Waals surface area contributed by atoms with E-state index < -0.39 is 17.3 Å². The van der Waals surface area contributed by atoms with Crippen LogP contribution in [-0.2, 0) is 19.2 Å². The van der Waals surface area contributed by atoms with Gasteiger partial charge in [0.2, 0.25) is 5.71 Å². The van der Waals surface area contributed by atoms with Crippen LogP contribution in [0.5, 0.6) is 0 Å². The normalized spacial score (nSPS) is 12.1. The number of nitrogens with zero attached hydrogens (tertiary/aromatic N) is 2. The number of unbranched alkanes of at least 4 members (excludes halogenated alkanes) is 1. The molecule has 0 spiro atoms. The molecule has 1 heterocycles. The third-order valence-corrected chi connectivity index (χ3v) is 3.56. The Balaban J connectivity index is 2.43. The first-order chi connectivity index (χ1) is 11.1. The van der Waals surface area contributed by atoms with E-state index in [9.17, 15) is 9.59 Å². The Kier molecular flexibility index (Phi) is 7.43. The Hall–Kier alpha value is -1.87. The van der Waals surface area contributed by atoms with Gasteiger partial charge in [-0.3, -0.25) is 4.79 Å². The van der Waals surface area contributed by atoms with E-state index in [0.29, 0.717) is 12.8 Å². The van der Waals surface area contributed by atoms with E-state index in [4.69, 9.17) is 32.0 Å². The highest BCUT2D eigenvalue weighted by atomic mass is 35.5. The number of thiazole rings is 1. The lowest BCUT2D eigenvalue weighted by atomic mass is 10.2. The number of nitrogen functional groups attached to an aromatic ring is 1. The molecule has 0 unspecified atom stereocenters. The molecule has 0 fully saturated rings. The maximum atomic E-state index is 11.5. The van der Waals surface area contributed by atoms with Crippen LogP contribution in [-0.4, -0.2) is 39.9 Å². The van der Waals surface area contributed by atoms with Crippen molar-refractivity contribution < 1.29 is 24.3 Å². The lowest BCUT2D eigenvalue weighted by Crippen LogP contribution is -2.23. The van der Waals surface area contributed by atoms with Crippen molar-refractivity contribution in [3.8, 4) is 0 Å². The van der Waals surface area contributed by atoms with E-state index in [0.717, 1.165) is 11.3 Å². The Morgan fingerprint density at radius 3 is 2.54 bits per heavy atom. The zero-order valence-electron chi connectivity index (χ0n) is 13.7. The summed E-state index contributed by atoms with van der Waals surface area (Å²) in [6, 6.07) is 0. The molecule has 134 valence electrons. The predicted octanol–water partition coefficient (Wildman–Crippen LogP) is 2.70. The van der Waals surface area contributed by atoms with Crippen LogP contribution < -0.4 is 5.73 Å². The van der Waals surface area contributed by atoms with Crippen molar-refractivity contribution in [1.82, 2.24) is 4.98 Å². The van der Waals surface area contributed by atoms with Crippen LogP contribution >= 0.6 is 22.9 Å². The monoisotopic (exact) mass is 377 g/mol. The summed E-state index contributed by atoms with van der Waals surface area (Å²) in [7, 11) is 0. The van der Waals surface area contributed by atoms with Gasteiger partial charge in [0.05, 0.1) is 0 Å². The molecule has 0 atom stereocenters. The number of aromatic nitrogens is 1. The van der Waals surface area contributed by atoms with Gasteiger partial charge in [-0.1, -0.05) is 28.1 Å². The summed E-state index contributed by atoms with van der Waals surface area (Å²) >= 11 is 6.81. The highest BCUT2D eigenvalue weighted by Crippen LogP contribution is 2.26. The van der Waals surface area contributed by atoms with E-state index in [1.165, 1.54) is 0 Å². The van der Waals surface area contributed by atoms with Crippen molar-refractivity contribution in [2.45, 2.75) is 45.6 Å². The standard InChI is InChI=1S/C14H20ClN3O5S/c1-14(2,3)23-8(19)6-4-5-7-22-18-10(12(20)21)9-11(15)24-13(16)17-9/h4-7H2,1-3H3,(H2,16,17)(H,20,21)/b18-10-. The zero-order chi connectivity index (χ0) is 18.3. The van der Waals surface area contributed by atoms with Crippen LogP contribution in [0.3, 0.4) is 0 Å². The van der Waals surface area contributed by atoms with Gasteiger partial charge in [0, 0.05) is 6.42 Å². The second-order valence-corrected chi connectivity index (χ2v) is 7.43. The molecule has 0 saturated heterocycles. The highest BCUT2D eigenvalue weighted by Gasteiger charge is 2.21. The number of halogens is 1. The molecule has 0 aliphatic rings. The van der Waals surface area contributed by atoms with Gasteiger partial charge in [-0.15, -0.1) is 0 Å². The number of anilines is 1. The third kappa shape index (κ3) is 7.14. The van der Waals surface area contributed by atoms with Gasteiger partial charge in [0.25, 0.3) is 0 Å². The number of nitrogens with two attached hydrogens (primary N) is 1. The quantitative estimate of drug-likeness (QED) is 0.309. The van der Waals surface area contributed by atoms with E-state index >= 15 is 0 Å². The smallest absolute Gasteiger partial charge is 0.360 e. The first-order valence-corrected chi connectivity index (χ1v) is 8.37. The lowest BCUT2D eigenvalue weighted by Gasteiger charge is -2.19. The molecule has 10 heteroatoms. The molecular formula is C14H20ClN3O5S. The Bertz CT molecular complexity index is 624. The minimum atomic E-state index is -1.32. The number of carboxylic acids is 1. The molecule has 24 heavy (non-hydrogen) atoms. The number of aliphatic carboxylic acids is 1. The fourth-order valence-electron chi connectivity index (χ4n) is 1.59. The van der Waals surface area contributed by atoms with E-state index in [-0.39, 0.29) is 34.2 Å². The summed E-state index contributed by atoms with van der Waals surface area (Å²) < 4.78 is 5.30. The van der Waals surface area contributed by atoms with Crippen LogP contribution in [0.15, 0.2) is 5.16 Å². The summed E-state index contributed by atoms with van der Waals surface area (Å²) in [5, 5.41) is 12.8. The SMILES string of the molecule is CC(C)(C)OC(=O)CCCCO/N=C(\C(=O)O)c1nc(N)sc1Cl. The van der Waals surface area contributed by atoms with Crippen molar-refractivity contribution >= 4 is 45.7 Å². The molecule has 0 aliphatic carbocycles. The van der Waals surface area contributed by atoms with Crippen molar-refractivity contribution in [1.29, 1.82) is 0 Å². The molecule has 1 aromatic heterocycles. The molecule has 8 nitrogen and oxygen atoms in total. The molecule has 0 bridgehead atoms. The van der Waals surface area contributed by atoms with Crippen LogP contribution in [0.25, 0.3) is 0 Å². The molecule has 1 aromatic rings. The molecule has 0 saturated carbocycles. The minimum Gasteiger partial charge on any atom is -0.476 e. The number of esters is 1. The summed E-state index contributed by atoms with van der Waals surface area (Å²) in [6.07, 6.45) is 1.31. The van der Waals surface area contributed by atoms with E-state index in [2.05, 4.69) is 10.1 Å². The average Bonchev–Trinajstić information content (AvgIpc) is 2.74. The fraction of sp³-hybridized carbons (Fsp3) is 0.571. The number of carbonyl (C=O) groups is 2. The number of hydrogen-bond donors (Lipinski definition) is 2. The van der Waals surface area contributed by atoms with Gasteiger partial charge in [0.1, 0.15) is 22.2 Å². The van der Waals surface area contributed by atoms with Crippen LogP contribution in [0.1, 0.15) is 45.7 Å². The number of carbonyl (C=O) groups excluding carboxylic acids is 1. The molecule has 0 amide bonds. The highest BCUT2D eigenvalue weighted by molar-refractivity contribution is 7.19. The van der Waals surface area contributed by atoms with Gasteiger partial charge in [0.15, 0.2) is 5.13 Å². The predicted molar refractivity (Wildman–Crippen MR) is 91.4 cm³/mol. The van der Waals surface area contributed by atoms with Gasteiger partial charge < -0.3 is 20.4 Å². The van der Waals surface area contributed by atoms with E-state index in [1.54, 1.807) is 20.8 Å². The minimum absolute atomic E-state index is 0.0274. The van der Waals surface area contributed by atoms with Crippen LogP contribution in [0.2, 0.25) is 4.34 Å². The average molecular weight is 378 g/mol. The van der Waals surface area contributed by atoms with Crippen molar-refractivity contribution in [3.05, 3.63) is 10.0 Å². The van der Waals surface area contributed by atoms with Crippen LogP contribution in [0.4, 0.5) is 5.13 Å². The van der Waals surface area contributed by atoms with Crippen molar-refractivity contribution in [2.75, 3.05) is 12.3 Å². The number of oxime groups is 1. The molecule has 3 N–H and O–H groups in total. The lowest BCUT2D eigenvalue weighted by molar-refractivity contribution is -0.155. The van der Waals surface area contributed by atoms with Gasteiger partial charge in [-0.2, -0.15) is 0 Å². The molecular weight excluding hydrogens is 358 g/mol. The summed E-state index contributed by atoms with van der Waals surface area (Å²) in [4.78, 5) is 31.5. The third-order valence-electron chi connectivity index (χ3n) is 2.47. The second-order valence-electron chi connectivity index (χ2n) is 5.80. The summed E-state index contributed by atoms with van der Waals surface area (Å²) in [6.45, 7) is 5.54. The first-order valence-electron chi connectivity index (χ1n) is 7.17. The Morgan fingerprint density at radius 2 is 2.04 bits per heavy atom. The second kappa shape index (κ2) is 8.84. The Labute approximate surface area is 148 Å². The zero-order valence-corrected chi connectivity index (χ0v) is 15.2. The molecule has 0 aliphatic heterocycles. The largest absolute Gasteiger partial charge is 0.476 e. The topological polar surface area (TPSA) is 124 Å². The maximum absolute atomic E-state index is 11.5. The number of hydrogen-bond acceptors (Lipinski definition) is 8. The van der Waals surface area contributed by atoms with E-state index in [1.807, 2.05) is 0 Å². The molecule has 0 aromatic carbocycles. The number of carboxylic acid groups (broad SMARTS) is 1.